The summed E-state index contributed by atoms with van der Waals surface area (Å²) in [6.07, 6.45) is 8.03. The van der Waals surface area contributed by atoms with Gasteiger partial charge < -0.3 is 27.4 Å². The van der Waals surface area contributed by atoms with E-state index in [0.717, 1.165) is 91.4 Å². The first-order chi connectivity index (χ1) is 36.5. The van der Waals surface area contributed by atoms with Crippen molar-refractivity contribution in [2.24, 2.45) is 0 Å². The number of hydrogen-bond acceptors (Lipinski definition) is 4. The van der Waals surface area contributed by atoms with Crippen LogP contribution in [0.5, 0.6) is 0 Å². The van der Waals surface area contributed by atoms with Crippen molar-refractivity contribution in [1.29, 1.82) is 0 Å². The van der Waals surface area contributed by atoms with Crippen molar-refractivity contribution >= 4 is 138 Å². The minimum absolute atomic E-state index is 0.885. The lowest BCUT2D eigenvalue weighted by atomic mass is 9.97. The van der Waals surface area contributed by atoms with Crippen molar-refractivity contribution in [2.75, 3.05) is 9.80 Å². The Morgan fingerprint density at radius 1 is 0.500 bits per heavy atom. The number of nitrogens with zero attached hydrogens (tertiary/aromatic N) is 4. The Morgan fingerprint density at radius 2 is 1.07 bits per heavy atom. The molecule has 1 aliphatic rings. The lowest BCUT2D eigenvalue weighted by Gasteiger charge is -2.31. The van der Waals surface area contributed by atoms with Crippen LogP contribution >= 0.6 is 0 Å². The van der Waals surface area contributed by atoms with Gasteiger partial charge in [0, 0.05) is 87.6 Å². The second kappa shape index (κ2) is 15.0. The summed E-state index contributed by atoms with van der Waals surface area (Å²) in [5.74, 6) is 0.914. The number of fused-ring (bicyclic) bond motifs is 18. The van der Waals surface area contributed by atoms with Gasteiger partial charge in [-0.15, -0.1) is 0 Å². The molecule has 0 saturated carbocycles. The summed E-state index contributed by atoms with van der Waals surface area (Å²) in [6, 6.07) is 64.3. The molecule has 0 aliphatic heterocycles. The second-order valence-corrected chi connectivity index (χ2v) is 20.1. The third-order valence-electron chi connectivity index (χ3n) is 16.2. The molecule has 0 N–H and O–H groups in total. The maximum absolute atomic E-state index is 6.73. The number of aromatic nitrogens is 2. The van der Waals surface area contributed by atoms with Crippen molar-refractivity contribution in [1.82, 2.24) is 8.80 Å². The SMILES string of the molecule is C=C/C(C)=C(\C=C)N(C1=CCCc2c1oc1ccccc21)c1ccc2c(c1)c1cccc3c4cc5c(cc4n2c13)c1cccc2c3cc(N(c4ccccc4)c4c(C)ccc6c4oc4ccccc46)ccc3n5c21. The van der Waals surface area contributed by atoms with Crippen molar-refractivity contribution < 1.29 is 8.83 Å². The van der Waals surface area contributed by atoms with E-state index in [1.165, 1.54) is 87.1 Å². The highest BCUT2D eigenvalue weighted by Crippen LogP contribution is 2.49. The number of anilines is 4. The first-order valence-electron chi connectivity index (χ1n) is 25.5. The Balaban J connectivity index is 0.890. The third-order valence-corrected chi connectivity index (χ3v) is 16.2. The van der Waals surface area contributed by atoms with Crippen LogP contribution in [0.25, 0.3) is 115 Å². The highest BCUT2D eigenvalue weighted by molar-refractivity contribution is 6.29. The second-order valence-electron chi connectivity index (χ2n) is 20.1. The van der Waals surface area contributed by atoms with Gasteiger partial charge in [-0.25, -0.2) is 0 Å². The van der Waals surface area contributed by atoms with Crippen LogP contribution < -0.4 is 9.80 Å². The van der Waals surface area contributed by atoms with Crippen LogP contribution in [-0.2, 0) is 6.42 Å². The fraction of sp³-hybridized carbons (Fsp3) is 0.0588. The molecule has 0 atom stereocenters. The van der Waals surface area contributed by atoms with Gasteiger partial charge in [-0.05, 0) is 117 Å². The average molecular weight is 951 g/mol. The van der Waals surface area contributed by atoms with Crippen molar-refractivity contribution in [2.45, 2.75) is 26.7 Å². The highest BCUT2D eigenvalue weighted by atomic mass is 16.3. The monoisotopic (exact) mass is 950 g/mol. The fourth-order valence-corrected chi connectivity index (χ4v) is 13.0. The Morgan fingerprint density at radius 3 is 1.72 bits per heavy atom. The van der Waals surface area contributed by atoms with Crippen LogP contribution in [0, 0.1) is 6.92 Å². The number of para-hydroxylation sites is 5. The highest BCUT2D eigenvalue weighted by Gasteiger charge is 2.30. The fourth-order valence-electron chi connectivity index (χ4n) is 13.0. The zero-order valence-electron chi connectivity index (χ0n) is 40.9. The molecule has 0 unspecified atom stereocenters. The van der Waals surface area contributed by atoms with E-state index in [-0.39, 0.29) is 0 Å². The molecule has 0 radical (unpaired) electrons. The van der Waals surface area contributed by atoms with E-state index >= 15 is 0 Å². The molecule has 1 aliphatic carbocycles. The number of furan rings is 2. The van der Waals surface area contributed by atoms with Gasteiger partial charge in [0.2, 0.25) is 0 Å². The largest absolute Gasteiger partial charge is 0.454 e. The molecule has 0 bridgehead atoms. The van der Waals surface area contributed by atoms with E-state index in [1.54, 1.807) is 0 Å². The molecule has 74 heavy (non-hydrogen) atoms. The van der Waals surface area contributed by atoms with Gasteiger partial charge in [0.1, 0.15) is 11.2 Å². The predicted octanol–water partition coefficient (Wildman–Crippen LogP) is 18.9. The molecule has 9 aromatic carbocycles. The molecular formula is C68H46N4O2. The molecule has 6 heteroatoms. The summed E-state index contributed by atoms with van der Waals surface area (Å²) in [4.78, 5) is 4.70. The van der Waals surface area contributed by atoms with Crippen LogP contribution in [0.3, 0.4) is 0 Å². The quantitative estimate of drug-likeness (QED) is 0.142. The molecule has 0 amide bonds. The van der Waals surface area contributed by atoms with Gasteiger partial charge in [-0.1, -0.05) is 128 Å². The molecule has 6 nitrogen and oxygen atoms in total. The topological polar surface area (TPSA) is 41.6 Å². The number of hydrogen-bond donors (Lipinski definition) is 0. The number of benzene rings is 9. The van der Waals surface area contributed by atoms with E-state index < -0.39 is 0 Å². The average Bonchev–Trinajstić information content (AvgIpc) is 4.32. The van der Waals surface area contributed by atoms with Crippen LogP contribution in [0.2, 0.25) is 0 Å². The van der Waals surface area contributed by atoms with E-state index in [9.17, 15) is 0 Å². The smallest absolute Gasteiger partial charge is 0.159 e. The third kappa shape index (κ3) is 5.38. The lowest BCUT2D eigenvalue weighted by Crippen LogP contribution is -2.22. The summed E-state index contributed by atoms with van der Waals surface area (Å²) in [6.45, 7) is 12.8. The predicted molar refractivity (Wildman–Crippen MR) is 311 cm³/mol. The summed E-state index contributed by atoms with van der Waals surface area (Å²) < 4.78 is 18.4. The van der Waals surface area contributed by atoms with Gasteiger partial charge in [-0.3, -0.25) is 0 Å². The van der Waals surface area contributed by atoms with Crippen molar-refractivity contribution in [3.8, 4) is 0 Å². The Kier molecular flexibility index (Phi) is 8.34. The summed E-state index contributed by atoms with van der Waals surface area (Å²) in [5.41, 5.74) is 19.6. The molecular weight excluding hydrogens is 905 g/mol. The van der Waals surface area contributed by atoms with Gasteiger partial charge in [0.05, 0.1) is 44.5 Å². The Labute approximate surface area is 425 Å². The van der Waals surface area contributed by atoms with E-state index in [0.29, 0.717) is 0 Å². The molecule has 0 saturated heterocycles. The standard InChI is InChI=1S/C68H46N4O2/c1-5-39(3)56(6-2)70(59-26-16-25-50-44-19-10-12-27-62(44)73-67(50)59)43-31-34-58-53(36-43)47-22-15-24-49-55-37-60-54(38-61(55)72(58)66(47)49)48-23-14-21-46-52-35-42(30-33-57(52)71(60)65(46)48)69(41-17-8-7-9-18-41)64-40(4)29-32-51-45-20-11-13-28-63(45)74-68(51)64/h5-15,17-24,26-38H,1-2,16,25H2,3-4H3/b56-39+. The first kappa shape index (κ1) is 41.1. The van der Waals surface area contributed by atoms with Crippen LogP contribution in [0.1, 0.15) is 30.2 Å². The van der Waals surface area contributed by atoms with E-state index in [2.05, 4.69) is 215 Å². The van der Waals surface area contributed by atoms with Gasteiger partial charge in [0.25, 0.3) is 0 Å². The number of aryl methyl sites for hydroxylation is 2. The van der Waals surface area contributed by atoms with Gasteiger partial charge >= 0.3 is 0 Å². The minimum Gasteiger partial charge on any atom is -0.454 e. The zero-order chi connectivity index (χ0) is 49.1. The maximum atomic E-state index is 6.73. The minimum atomic E-state index is 0.885. The Hall–Kier alpha value is -9.52. The lowest BCUT2D eigenvalue weighted by molar-refractivity contribution is 0.587. The van der Waals surface area contributed by atoms with Crippen molar-refractivity contribution in [3.63, 3.8) is 0 Å². The summed E-state index contributed by atoms with van der Waals surface area (Å²) in [7, 11) is 0. The Bertz CT molecular complexity index is 4980. The van der Waals surface area contributed by atoms with Gasteiger partial charge in [-0.2, -0.15) is 0 Å². The number of allylic oxidation sites excluding steroid dienone is 4. The van der Waals surface area contributed by atoms with E-state index in [1.807, 2.05) is 24.3 Å². The van der Waals surface area contributed by atoms with Crippen molar-refractivity contribution in [3.05, 3.63) is 235 Å². The summed E-state index contributed by atoms with van der Waals surface area (Å²) in [5, 5.41) is 13.2. The zero-order valence-corrected chi connectivity index (χ0v) is 40.9. The number of rotatable bonds is 8. The first-order valence-corrected chi connectivity index (χ1v) is 25.5. The van der Waals surface area contributed by atoms with Gasteiger partial charge in [0.15, 0.2) is 11.3 Å². The molecule has 16 rings (SSSR count). The molecule has 15 aromatic rings. The van der Waals surface area contributed by atoms with E-state index in [4.69, 9.17) is 8.83 Å². The molecule has 6 heterocycles. The van der Waals surface area contributed by atoms with Crippen LogP contribution in [0.4, 0.5) is 22.7 Å². The molecule has 0 spiro atoms. The van der Waals surface area contributed by atoms with Crippen LogP contribution in [-0.4, -0.2) is 8.80 Å². The molecule has 6 aromatic heterocycles. The molecule has 0 fully saturated rings. The summed E-state index contributed by atoms with van der Waals surface area (Å²) >= 11 is 0. The maximum Gasteiger partial charge on any atom is 0.159 e. The van der Waals surface area contributed by atoms with Crippen LogP contribution in [0.15, 0.2) is 227 Å². The normalized spacial score (nSPS) is 13.6. The molecule has 350 valence electrons.